The van der Waals surface area contributed by atoms with E-state index in [1.807, 2.05) is 18.7 Å². The van der Waals surface area contributed by atoms with Gasteiger partial charge in [-0.15, -0.1) is 0 Å². The van der Waals surface area contributed by atoms with Gasteiger partial charge in [0.2, 0.25) is 11.8 Å². The first kappa shape index (κ1) is 20.6. The average molecular weight is 380 g/mol. The van der Waals surface area contributed by atoms with E-state index < -0.39 is 0 Å². The number of nitrogens with zero attached hydrogens (tertiary/aromatic N) is 2. The summed E-state index contributed by atoms with van der Waals surface area (Å²) in [5.74, 6) is 0.310. The van der Waals surface area contributed by atoms with Crippen LogP contribution in [0.15, 0.2) is 0 Å². The third kappa shape index (κ3) is 4.83. The van der Waals surface area contributed by atoms with E-state index in [0.29, 0.717) is 13.1 Å². The second-order valence-electron chi connectivity index (χ2n) is 8.68. The van der Waals surface area contributed by atoms with E-state index in [1.54, 1.807) is 0 Å². The van der Waals surface area contributed by atoms with Crippen molar-refractivity contribution >= 4 is 11.8 Å². The minimum absolute atomic E-state index is 0.0486. The zero-order valence-corrected chi connectivity index (χ0v) is 17.2. The van der Waals surface area contributed by atoms with Crippen LogP contribution in [-0.2, 0) is 14.3 Å². The van der Waals surface area contributed by atoms with Gasteiger partial charge in [0.1, 0.15) is 0 Å². The van der Waals surface area contributed by atoms with Gasteiger partial charge in [-0.2, -0.15) is 0 Å². The van der Waals surface area contributed by atoms with Crippen molar-refractivity contribution in [1.29, 1.82) is 0 Å². The molecule has 0 bridgehead atoms. The van der Waals surface area contributed by atoms with Gasteiger partial charge in [0.05, 0.1) is 5.92 Å². The minimum Gasteiger partial charge on any atom is -0.381 e. The Morgan fingerprint density at radius 2 is 1.85 bits per heavy atom. The third-order valence-electron chi connectivity index (χ3n) is 6.93. The van der Waals surface area contributed by atoms with Gasteiger partial charge in [-0.1, -0.05) is 13.8 Å². The Labute approximate surface area is 164 Å². The lowest BCUT2D eigenvalue weighted by Crippen LogP contribution is -2.58. The molecule has 0 saturated carbocycles. The number of ether oxygens (including phenoxy) is 1. The van der Waals surface area contributed by atoms with Crippen LogP contribution in [-0.4, -0.2) is 73.1 Å². The molecular formula is C21H37N3O3. The predicted octanol–water partition coefficient (Wildman–Crippen LogP) is 2.03. The summed E-state index contributed by atoms with van der Waals surface area (Å²) in [4.78, 5) is 29.9. The first-order valence-electron chi connectivity index (χ1n) is 10.9. The molecule has 3 rings (SSSR count). The first-order chi connectivity index (χ1) is 13.1. The molecule has 2 unspecified atom stereocenters. The Morgan fingerprint density at radius 1 is 1.15 bits per heavy atom. The lowest BCUT2D eigenvalue weighted by atomic mass is 9.87. The van der Waals surface area contributed by atoms with E-state index >= 15 is 0 Å². The topological polar surface area (TPSA) is 61.9 Å². The molecule has 27 heavy (non-hydrogen) atoms. The monoisotopic (exact) mass is 379 g/mol. The molecule has 0 aliphatic carbocycles. The molecule has 3 aliphatic heterocycles. The van der Waals surface area contributed by atoms with Crippen LogP contribution in [0.3, 0.4) is 0 Å². The molecule has 3 saturated heterocycles. The molecule has 154 valence electrons. The Balaban J connectivity index is 1.56. The number of carbonyl (C=O) groups is 2. The molecule has 3 heterocycles. The highest BCUT2D eigenvalue weighted by molar-refractivity contribution is 5.82. The van der Waals surface area contributed by atoms with Crippen molar-refractivity contribution in [3.63, 3.8) is 0 Å². The summed E-state index contributed by atoms with van der Waals surface area (Å²) < 4.78 is 5.60. The Kier molecular flexibility index (Phi) is 7.15. The van der Waals surface area contributed by atoms with E-state index in [-0.39, 0.29) is 29.2 Å². The molecule has 0 spiro atoms. The van der Waals surface area contributed by atoms with E-state index in [4.69, 9.17) is 4.74 Å². The van der Waals surface area contributed by atoms with Gasteiger partial charge >= 0.3 is 0 Å². The van der Waals surface area contributed by atoms with Gasteiger partial charge in [-0.3, -0.25) is 14.5 Å². The molecule has 0 radical (unpaired) electrons. The molecule has 0 aromatic heterocycles. The molecule has 3 aliphatic rings. The standard InChI is InChI=1S/C21H37N3O3/c1-3-17(2)20(26)23-10-6-7-18(15-23)19(25)22-16-21(8-13-27-14-9-21)24-11-4-5-12-24/h17-18H,3-16H2,1-2H3,(H,22,25). The van der Waals surface area contributed by atoms with Crippen LogP contribution >= 0.6 is 0 Å². The predicted molar refractivity (Wildman–Crippen MR) is 105 cm³/mol. The van der Waals surface area contributed by atoms with Crippen LogP contribution in [0.1, 0.15) is 58.8 Å². The Morgan fingerprint density at radius 3 is 2.52 bits per heavy atom. The van der Waals surface area contributed by atoms with Gasteiger partial charge < -0.3 is 15.0 Å². The van der Waals surface area contributed by atoms with Crippen molar-refractivity contribution in [3.8, 4) is 0 Å². The van der Waals surface area contributed by atoms with Gasteiger partial charge in [0.25, 0.3) is 0 Å². The van der Waals surface area contributed by atoms with Crippen LogP contribution in [0.25, 0.3) is 0 Å². The number of hydrogen-bond donors (Lipinski definition) is 1. The fourth-order valence-corrected chi connectivity index (χ4v) is 4.82. The third-order valence-corrected chi connectivity index (χ3v) is 6.93. The van der Waals surface area contributed by atoms with Crippen LogP contribution < -0.4 is 5.32 Å². The molecular weight excluding hydrogens is 342 g/mol. The SMILES string of the molecule is CCC(C)C(=O)N1CCCC(C(=O)NCC2(N3CCCC3)CCOCC2)C1. The second kappa shape index (κ2) is 9.37. The fourth-order valence-electron chi connectivity index (χ4n) is 4.82. The fraction of sp³-hybridized carbons (Fsp3) is 0.905. The summed E-state index contributed by atoms with van der Waals surface area (Å²) in [7, 11) is 0. The molecule has 2 atom stereocenters. The van der Waals surface area contributed by atoms with Crippen LogP contribution in [0.4, 0.5) is 0 Å². The summed E-state index contributed by atoms with van der Waals surface area (Å²) in [6, 6.07) is 0. The number of rotatable bonds is 6. The lowest BCUT2D eigenvalue weighted by Gasteiger charge is -2.45. The number of hydrogen-bond acceptors (Lipinski definition) is 4. The molecule has 6 heteroatoms. The van der Waals surface area contributed by atoms with Gasteiger partial charge in [0, 0.05) is 44.3 Å². The smallest absolute Gasteiger partial charge is 0.225 e. The highest BCUT2D eigenvalue weighted by Crippen LogP contribution is 2.31. The average Bonchev–Trinajstić information content (AvgIpc) is 3.27. The highest BCUT2D eigenvalue weighted by atomic mass is 16.5. The zero-order valence-electron chi connectivity index (χ0n) is 17.2. The van der Waals surface area contributed by atoms with Crippen molar-refractivity contribution in [1.82, 2.24) is 15.1 Å². The maximum Gasteiger partial charge on any atom is 0.225 e. The van der Waals surface area contributed by atoms with Crippen molar-refractivity contribution in [2.24, 2.45) is 11.8 Å². The normalized spacial score (nSPS) is 27.3. The minimum atomic E-state index is -0.0674. The molecule has 2 amide bonds. The van der Waals surface area contributed by atoms with Crippen LogP contribution in [0, 0.1) is 11.8 Å². The summed E-state index contributed by atoms with van der Waals surface area (Å²) >= 11 is 0. The molecule has 1 N–H and O–H groups in total. The maximum atomic E-state index is 12.9. The quantitative estimate of drug-likeness (QED) is 0.767. The largest absolute Gasteiger partial charge is 0.381 e. The Hall–Kier alpha value is -1.14. The first-order valence-corrected chi connectivity index (χ1v) is 10.9. The van der Waals surface area contributed by atoms with Gasteiger partial charge in [-0.05, 0) is 58.0 Å². The number of carbonyl (C=O) groups excluding carboxylic acids is 2. The van der Waals surface area contributed by atoms with Crippen molar-refractivity contribution in [2.75, 3.05) is 45.9 Å². The van der Waals surface area contributed by atoms with E-state index in [9.17, 15) is 9.59 Å². The summed E-state index contributed by atoms with van der Waals surface area (Å²) in [5, 5.41) is 3.27. The molecule has 6 nitrogen and oxygen atoms in total. The second-order valence-corrected chi connectivity index (χ2v) is 8.68. The van der Waals surface area contributed by atoms with Crippen LogP contribution in [0.5, 0.6) is 0 Å². The number of likely N-dealkylation sites (tertiary alicyclic amines) is 2. The number of amides is 2. The van der Waals surface area contributed by atoms with Crippen molar-refractivity contribution in [2.45, 2.75) is 64.3 Å². The number of nitrogens with one attached hydrogen (secondary N) is 1. The highest BCUT2D eigenvalue weighted by Gasteiger charge is 2.40. The molecule has 3 fully saturated rings. The van der Waals surface area contributed by atoms with Gasteiger partial charge in [0.15, 0.2) is 0 Å². The van der Waals surface area contributed by atoms with Crippen molar-refractivity contribution in [3.05, 3.63) is 0 Å². The molecule has 0 aromatic rings. The van der Waals surface area contributed by atoms with E-state index in [2.05, 4.69) is 10.2 Å². The summed E-state index contributed by atoms with van der Waals surface area (Å²) in [5.41, 5.74) is 0.0608. The van der Waals surface area contributed by atoms with E-state index in [0.717, 1.165) is 65.0 Å². The maximum absolute atomic E-state index is 12.9. The summed E-state index contributed by atoms with van der Waals surface area (Å²) in [6.45, 7) is 9.95. The summed E-state index contributed by atoms with van der Waals surface area (Å²) in [6.07, 6.45) is 7.17. The lowest BCUT2D eigenvalue weighted by molar-refractivity contribution is -0.139. The Bertz CT molecular complexity index is 513. The molecule has 0 aromatic carbocycles. The zero-order chi connectivity index (χ0) is 19.3. The van der Waals surface area contributed by atoms with Gasteiger partial charge in [-0.25, -0.2) is 0 Å². The van der Waals surface area contributed by atoms with Crippen LogP contribution in [0.2, 0.25) is 0 Å². The van der Waals surface area contributed by atoms with Crippen molar-refractivity contribution < 1.29 is 14.3 Å². The van der Waals surface area contributed by atoms with E-state index in [1.165, 1.54) is 12.8 Å². The number of piperidine rings is 1.